The molecule has 0 bridgehead atoms. The van der Waals surface area contributed by atoms with Gasteiger partial charge in [0, 0.05) is 50.3 Å². The summed E-state index contributed by atoms with van der Waals surface area (Å²) in [5.41, 5.74) is -0.201. The fourth-order valence-electron chi connectivity index (χ4n) is 2.29. The lowest BCUT2D eigenvalue weighted by molar-refractivity contribution is -0.385. The van der Waals surface area contributed by atoms with E-state index >= 15 is 0 Å². The van der Waals surface area contributed by atoms with Crippen LogP contribution in [0.25, 0.3) is 0 Å². The molecule has 0 aliphatic rings. The number of rotatable bonds is 12. The zero-order valence-electron chi connectivity index (χ0n) is 15.2. The van der Waals surface area contributed by atoms with E-state index in [0.717, 1.165) is 0 Å². The van der Waals surface area contributed by atoms with Gasteiger partial charge < -0.3 is 24.4 Å². The summed E-state index contributed by atoms with van der Waals surface area (Å²) in [5, 5.41) is 39.9. The van der Waals surface area contributed by atoms with Crippen molar-refractivity contribution in [1.29, 1.82) is 0 Å². The molecule has 2 atom stereocenters. The van der Waals surface area contributed by atoms with Crippen LogP contribution < -0.4 is 9.47 Å². The topological polar surface area (TPSA) is 154 Å². The molecule has 0 spiro atoms. The highest BCUT2D eigenvalue weighted by Gasteiger charge is 2.20. The van der Waals surface area contributed by atoms with Gasteiger partial charge in [-0.3, -0.25) is 20.2 Å². The molecule has 0 amide bonds. The minimum atomic E-state index is -0.962. The summed E-state index contributed by atoms with van der Waals surface area (Å²) in [6.07, 6.45) is -1.78. The van der Waals surface area contributed by atoms with Crippen molar-refractivity contribution < 1.29 is 34.3 Å². The predicted octanol–water partition coefficient (Wildman–Crippen LogP) is 2.39. The number of aliphatic hydroxyl groups excluding tert-OH is 2. The molecule has 0 radical (unpaired) electrons. The van der Waals surface area contributed by atoms with E-state index in [-0.39, 0.29) is 48.9 Å². The fraction of sp³-hybridized carbons (Fsp3) is 0.333. The molecule has 2 aromatic rings. The SMILES string of the molecule is O=[N+]([O-])c1ccc(OC(CCO)OC(CCO)Oc2ccc([N+](=O)[O-])cc2)cc1. The molecule has 0 heterocycles. The second-order valence-electron chi connectivity index (χ2n) is 5.76. The monoisotopic (exact) mass is 408 g/mol. The van der Waals surface area contributed by atoms with Crippen molar-refractivity contribution in [2.75, 3.05) is 13.2 Å². The van der Waals surface area contributed by atoms with Gasteiger partial charge in [-0.1, -0.05) is 0 Å². The smallest absolute Gasteiger partial charge is 0.269 e. The van der Waals surface area contributed by atoms with Crippen LogP contribution in [0.4, 0.5) is 11.4 Å². The van der Waals surface area contributed by atoms with Gasteiger partial charge in [-0.25, -0.2) is 0 Å². The number of nitro benzene ring substituents is 2. The first-order chi connectivity index (χ1) is 13.9. The van der Waals surface area contributed by atoms with Crippen LogP contribution in [-0.4, -0.2) is 45.9 Å². The van der Waals surface area contributed by atoms with Gasteiger partial charge in [0.15, 0.2) is 0 Å². The Morgan fingerprint density at radius 1 is 0.724 bits per heavy atom. The largest absolute Gasteiger partial charge is 0.465 e. The first-order valence-electron chi connectivity index (χ1n) is 8.62. The molecule has 156 valence electrons. The normalized spacial score (nSPS) is 12.8. The molecule has 0 aliphatic heterocycles. The highest BCUT2D eigenvalue weighted by Crippen LogP contribution is 2.23. The number of non-ortho nitro benzene ring substituents is 2. The van der Waals surface area contributed by atoms with Crippen LogP contribution in [0.15, 0.2) is 48.5 Å². The molecular formula is C18H20N2O9. The van der Waals surface area contributed by atoms with Crippen molar-refractivity contribution in [2.45, 2.75) is 25.4 Å². The van der Waals surface area contributed by atoms with Crippen molar-refractivity contribution >= 4 is 11.4 Å². The minimum absolute atomic E-state index is 0.0720. The van der Waals surface area contributed by atoms with E-state index in [1.165, 1.54) is 48.5 Å². The Bertz CT molecular complexity index is 728. The Hall–Kier alpha value is -3.28. The second-order valence-corrected chi connectivity index (χ2v) is 5.76. The summed E-state index contributed by atoms with van der Waals surface area (Å²) in [7, 11) is 0. The van der Waals surface area contributed by atoms with Gasteiger partial charge in [-0.2, -0.15) is 0 Å². The number of nitro groups is 2. The summed E-state index contributed by atoms with van der Waals surface area (Å²) in [6, 6.07) is 10.6. The van der Waals surface area contributed by atoms with E-state index in [0.29, 0.717) is 0 Å². The van der Waals surface area contributed by atoms with Crippen LogP contribution in [0.2, 0.25) is 0 Å². The van der Waals surface area contributed by atoms with Gasteiger partial charge in [0.25, 0.3) is 11.4 Å². The number of ether oxygens (including phenoxy) is 3. The molecule has 0 fully saturated rings. The van der Waals surface area contributed by atoms with Gasteiger partial charge in [0.1, 0.15) is 11.5 Å². The van der Waals surface area contributed by atoms with Gasteiger partial charge in [-0.05, 0) is 24.3 Å². The number of hydrogen-bond acceptors (Lipinski definition) is 9. The maximum absolute atomic E-state index is 10.7. The number of aliphatic hydroxyl groups is 2. The third kappa shape index (κ3) is 6.99. The molecule has 2 aromatic carbocycles. The highest BCUT2D eigenvalue weighted by molar-refractivity contribution is 5.36. The molecule has 11 nitrogen and oxygen atoms in total. The van der Waals surface area contributed by atoms with E-state index in [2.05, 4.69) is 0 Å². The molecule has 2 unspecified atom stereocenters. The van der Waals surface area contributed by atoms with Gasteiger partial charge >= 0.3 is 0 Å². The predicted molar refractivity (Wildman–Crippen MR) is 99.5 cm³/mol. The van der Waals surface area contributed by atoms with Crippen LogP contribution >= 0.6 is 0 Å². The summed E-state index contributed by atoms with van der Waals surface area (Å²) in [5.74, 6) is 0.569. The van der Waals surface area contributed by atoms with E-state index in [1.807, 2.05) is 0 Å². The number of hydrogen-bond donors (Lipinski definition) is 2. The third-order valence-electron chi connectivity index (χ3n) is 3.66. The van der Waals surface area contributed by atoms with Crippen LogP contribution in [0.3, 0.4) is 0 Å². The van der Waals surface area contributed by atoms with Gasteiger partial charge in [-0.15, -0.1) is 0 Å². The Kier molecular flexibility index (Phi) is 8.27. The Balaban J connectivity index is 2.05. The summed E-state index contributed by atoms with van der Waals surface area (Å²) in [6.45, 7) is -0.526. The van der Waals surface area contributed by atoms with E-state index in [9.17, 15) is 30.4 Å². The lowest BCUT2D eigenvalue weighted by Gasteiger charge is -2.25. The summed E-state index contributed by atoms with van der Waals surface area (Å²) in [4.78, 5) is 20.3. The van der Waals surface area contributed by atoms with Crippen molar-refractivity contribution in [3.8, 4) is 11.5 Å². The Morgan fingerprint density at radius 2 is 1.07 bits per heavy atom. The Labute approximate surface area is 165 Å². The quantitative estimate of drug-likeness (QED) is 0.306. The molecule has 11 heteroatoms. The van der Waals surface area contributed by atoms with Gasteiger partial charge in [0.2, 0.25) is 12.6 Å². The molecule has 2 rings (SSSR count). The average molecular weight is 408 g/mol. The molecule has 0 saturated carbocycles. The first-order valence-corrected chi connectivity index (χ1v) is 8.62. The van der Waals surface area contributed by atoms with Crippen molar-refractivity contribution in [3.05, 3.63) is 68.8 Å². The van der Waals surface area contributed by atoms with E-state index in [4.69, 9.17) is 14.2 Å². The number of nitrogens with zero attached hydrogens (tertiary/aromatic N) is 2. The molecule has 0 aromatic heterocycles. The zero-order chi connectivity index (χ0) is 21.2. The lowest BCUT2D eigenvalue weighted by atomic mass is 10.3. The van der Waals surface area contributed by atoms with Gasteiger partial charge in [0.05, 0.1) is 9.85 Å². The summed E-state index contributed by atoms with van der Waals surface area (Å²) >= 11 is 0. The fourth-order valence-corrected chi connectivity index (χ4v) is 2.29. The number of benzene rings is 2. The van der Waals surface area contributed by atoms with Crippen LogP contribution in [0.5, 0.6) is 11.5 Å². The standard InChI is InChI=1S/C18H20N2O9/c21-11-9-17(27-15-5-1-13(2-6-15)19(23)24)29-18(10-12-22)28-16-7-3-14(4-8-16)20(25)26/h1-8,17-18,21-22H,9-12H2. The third-order valence-corrected chi connectivity index (χ3v) is 3.66. The lowest BCUT2D eigenvalue weighted by Crippen LogP contribution is -2.32. The molecule has 0 saturated heterocycles. The van der Waals surface area contributed by atoms with E-state index < -0.39 is 22.4 Å². The van der Waals surface area contributed by atoms with Crippen LogP contribution in [-0.2, 0) is 4.74 Å². The molecule has 2 N–H and O–H groups in total. The highest BCUT2D eigenvalue weighted by atomic mass is 16.8. The summed E-state index contributed by atoms with van der Waals surface area (Å²) < 4.78 is 16.9. The molecular weight excluding hydrogens is 388 g/mol. The molecule has 0 aliphatic carbocycles. The molecule has 29 heavy (non-hydrogen) atoms. The van der Waals surface area contributed by atoms with Crippen molar-refractivity contribution in [1.82, 2.24) is 0 Å². The maximum Gasteiger partial charge on any atom is 0.269 e. The first kappa shape index (κ1) is 22.0. The van der Waals surface area contributed by atoms with E-state index in [1.54, 1.807) is 0 Å². The minimum Gasteiger partial charge on any atom is -0.465 e. The van der Waals surface area contributed by atoms with Crippen molar-refractivity contribution in [2.24, 2.45) is 0 Å². The zero-order valence-corrected chi connectivity index (χ0v) is 15.2. The second kappa shape index (κ2) is 10.9. The Morgan fingerprint density at radius 3 is 1.34 bits per heavy atom. The van der Waals surface area contributed by atoms with Crippen LogP contribution in [0, 0.1) is 20.2 Å². The van der Waals surface area contributed by atoms with Crippen LogP contribution in [0.1, 0.15) is 12.8 Å². The maximum atomic E-state index is 10.7. The van der Waals surface area contributed by atoms with Crippen molar-refractivity contribution in [3.63, 3.8) is 0 Å². The average Bonchev–Trinajstić information content (AvgIpc) is 2.69.